The normalized spacial score (nSPS) is 17.7. The number of methoxy groups -OCH3 is 1. The first-order chi connectivity index (χ1) is 12.3. The summed E-state index contributed by atoms with van der Waals surface area (Å²) in [5.41, 5.74) is 2.26. The minimum Gasteiger partial charge on any atom is -0.497 e. The van der Waals surface area contributed by atoms with Gasteiger partial charge >= 0.3 is 0 Å². The van der Waals surface area contributed by atoms with E-state index in [2.05, 4.69) is 27.2 Å². The van der Waals surface area contributed by atoms with Gasteiger partial charge in [0.05, 0.1) is 13.0 Å². The van der Waals surface area contributed by atoms with E-state index in [9.17, 15) is 0 Å². The molecule has 1 fully saturated rings. The zero-order chi connectivity index (χ0) is 17.1. The van der Waals surface area contributed by atoms with Crippen LogP contribution < -0.4 is 4.74 Å². The third-order valence-electron chi connectivity index (χ3n) is 4.65. The average Bonchev–Trinajstić information content (AvgIpc) is 3.32. The highest BCUT2D eigenvalue weighted by atomic mass is 16.5. The van der Waals surface area contributed by atoms with Crippen molar-refractivity contribution in [1.82, 2.24) is 15.1 Å². The molecule has 0 radical (unpaired) electrons. The summed E-state index contributed by atoms with van der Waals surface area (Å²) in [5.74, 6) is 2.55. The minimum absolute atomic E-state index is 0.309. The molecule has 1 aliphatic heterocycles. The molecular formula is C20H21N3O2. The zero-order valence-electron chi connectivity index (χ0n) is 14.3. The van der Waals surface area contributed by atoms with Crippen LogP contribution in [0, 0.1) is 0 Å². The van der Waals surface area contributed by atoms with E-state index in [1.54, 1.807) is 7.11 Å². The second kappa shape index (κ2) is 7.07. The number of ether oxygens (including phenoxy) is 1. The summed E-state index contributed by atoms with van der Waals surface area (Å²) in [5, 5.41) is 8.49. The van der Waals surface area contributed by atoms with Crippen LogP contribution in [0.15, 0.2) is 59.0 Å². The highest BCUT2D eigenvalue weighted by molar-refractivity contribution is 5.51. The Morgan fingerprint density at radius 3 is 2.64 bits per heavy atom. The van der Waals surface area contributed by atoms with Gasteiger partial charge in [0.15, 0.2) is 0 Å². The maximum Gasteiger partial charge on any atom is 0.247 e. The van der Waals surface area contributed by atoms with Gasteiger partial charge in [0.1, 0.15) is 5.75 Å². The lowest BCUT2D eigenvalue weighted by Gasteiger charge is -2.15. The second-order valence-corrected chi connectivity index (χ2v) is 6.38. The van der Waals surface area contributed by atoms with Crippen LogP contribution in [0.3, 0.4) is 0 Å². The molecule has 0 saturated carbocycles. The van der Waals surface area contributed by atoms with Crippen LogP contribution in [0.25, 0.3) is 11.5 Å². The molecule has 1 atom stereocenters. The maximum absolute atomic E-state index is 5.92. The van der Waals surface area contributed by atoms with Crippen LogP contribution >= 0.6 is 0 Å². The van der Waals surface area contributed by atoms with Gasteiger partial charge < -0.3 is 9.15 Å². The van der Waals surface area contributed by atoms with Crippen LogP contribution in [-0.2, 0) is 6.54 Å². The van der Waals surface area contributed by atoms with Crippen molar-refractivity contribution in [2.24, 2.45) is 0 Å². The van der Waals surface area contributed by atoms with Crippen LogP contribution in [0.2, 0.25) is 0 Å². The van der Waals surface area contributed by atoms with Gasteiger partial charge in [-0.15, -0.1) is 10.2 Å². The fourth-order valence-electron chi connectivity index (χ4n) is 3.26. The molecule has 5 heteroatoms. The van der Waals surface area contributed by atoms with Gasteiger partial charge in [-0.05, 0) is 42.8 Å². The van der Waals surface area contributed by atoms with E-state index in [1.165, 1.54) is 5.56 Å². The number of nitrogens with zero attached hydrogens (tertiary/aromatic N) is 3. The predicted molar refractivity (Wildman–Crippen MR) is 95.4 cm³/mol. The highest BCUT2D eigenvalue weighted by Gasteiger charge is 2.28. The number of likely N-dealkylation sites (tertiary alicyclic amines) is 1. The van der Waals surface area contributed by atoms with Crippen molar-refractivity contribution in [3.63, 3.8) is 0 Å². The van der Waals surface area contributed by atoms with E-state index in [0.29, 0.717) is 11.8 Å². The molecule has 5 nitrogen and oxygen atoms in total. The number of rotatable bonds is 5. The Bertz CT molecular complexity index is 814. The lowest BCUT2D eigenvalue weighted by molar-refractivity contribution is 0.320. The van der Waals surface area contributed by atoms with Gasteiger partial charge in [-0.25, -0.2) is 0 Å². The predicted octanol–water partition coefficient (Wildman–Crippen LogP) is 3.73. The Morgan fingerprint density at radius 2 is 1.88 bits per heavy atom. The molecule has 3 aromatic rings. The van der Waals surface area contributed by atoms with E-state index in [1.807, 2.05) is 42.5 Å². The number of hydrogen-bond acceptors (Lipinski definition) is 5. The van der Waals surface area contributed by atoms with Crippen molar-refractivity contribution in [2.75, 3.05) is 20.2 Å². The lowest BCUT2D eigenvalue weighted by atomic mass is 10.1. The van der Waals surface area contributed by atoms with Gasteiger partial charge in [-0.1, -0.05) is 30.3 Å². The molecule has 0 spiro atoms. The van der Waals surface area contributed by atoms with Gasteiger partial charge in [0.25, 0.3) is 0 Å². The standard InChI is InChI=1S/C20H21N3O2/c1-24-18-9-7-15(8-10-18)13-23-12-11-17(14-23)20-22-21-19(25-20)16-5-3-2-4-6-16/h2-10,17H,11-14H2,1H3/t17-/m0/s1. The first-order valence-corrected chi connectivity index (χ1v) is 8.56. The summed E-state index contributed by atoms with van der Waals surface area (Å²) < 4.78 is 11.1. The van der Waals surface area contributed by atoms with E-state index in [0.717, 1.165) is 43.3 Å². The van der Waals surface area contributed by atoms with Gasteiger partial charge in [-0.2, -0.15) is 0 Å². The summed E-state index contributed by atoms with van der Waals surface area (Å²) in [4.78, 5) is 2.43. The van der Waals surface area contributed by atoms with E-state index in [-0.39, 0.29) is 0 Å². The Kier molecular flexibility index (Phi) is 4.48. The molecule has 2 aromatic carbocycles. The van der Waals surface area contributed by atoms with Crippen molar-refractivity contribution in [1.29, 1.82) is 0 Å². The quantitative estimate of drug-likeness (QED) is 0.711. The third kappa shape index (κ3) is 3.56. The summed E-state index contributed by atoms with van der Waals surface area (Å²) in [6, 6.07) is 18.2. The van der Waals surface area contributed by atoms with Gasteiger partial charge in [0, 0.05) is 18.7 Å². The molecule has 1 aliphatic rings. The molecular weight excluding hydrogens is 314 g/mol. The van der Waals surface area contributed by atoms with Crippen LogP contribution in [0.5, 0.6) is 5.75 Å². The second-order valence-electron chi connectivity index (χ2n) is 6.38. The van der Waals surface area contributed by atoms with Gasteiger partial charge in [0.2, 0.25) is 11.8 Å². The zero-order valence-corrected chi connectivity index (χ0v) is 14.3. The van der Waals surface area contributed by atoms with Crippen molar-refractivity contribution in [3.05, 3.63) is 66.1 Å². The topological polar surface area (TPSA) is 51.4 Å². The van der Waals surface area contributed by atoms with Gasteiger partial charge in [-0.3, -0.25) is 4.90 Å². The molecule has 128 valence electrons. The summed E-state index contributed by atoms with van der Waals surface area (Å²) in [7, 11) is 1.69. The maximum atomic E-state index is 5.92. The van der Waals surface area contributed by atoms with Crippen LogP contribution in [0.1, 0.15) is 23.8 Å². The third-order valence-corrected chi connectivity index (χ3v) is 4.65. The van der Waals surface area contributed by atoms with E-state index < -0.39 is 0 Å². The summed E-state index contributed by atoms with van der Waals surface area (Å²) in [6.45, 7) is 2.92. The Balaban J connectivity index is 1.39. The van der Waals surface area contributed by atoms with E-state index >= 15 is 0 Å². The van der Waals surface area contributed by atoms with E-state index in [4.69, 9.17) is 9.15 Å². The molecule has 4 rings (SSSR count). The molecule has 1 aromatic heterocycles. The fourth-order valence-corrected chi connectivity index (χ4v) is 3.26. The summed E-state index contributed by atoms with van der Waals surface area (Å²) in [6.07, 6.45) is 1.05. The smallest absolute Gasteiger partial charge is 0.247 e. The molecule has 2 heterocycles. The Labute approximate surface area is 147 Å². The number of hydrogen-bond donors (Lipinski definition) is 0. The summed E-state index contributed by atoms with van der Waals surface area (Å²) >= 11 is 0. The molecule has 0 amide bonds. The van der Waals surface area contributed by atoms with Crippen molar-refractivity contribution in [3.8, 4) is 17.2 Å². The van der Waals surface area contributed by atoms with Crippen molar-refractivity contribution < 1.29 is 9.15 Å². The average molecular weight is 335 g/mol. The first-order valence-electron chi connectivity index (χ1n) is 8.56. The molecule has 1 saturated heterocycles. The molecule has 0 aliphatic carbocycles. The first kappa shape index (κ1) is 15.8. The number of aromatic nitrogens is 2. The highest BCUT2D eigenvalue weighted by Crippen LogP contribution is 2.29. The molecule has 0 bridgehead atoms. The molecule has 25 heavy (non-hydrogen) atoms. The minimum atomic E-state index is 0.309. The monoisotopic (exact) mass is 335 g/mol. The molecule has 0 unspecified atom stereocenters. The van der Waals surface area contributed by atoms with Crippen molar-refractivity contribution >= 4 is 0 Å². The lowest BCUT2D eigenvalue weighted by Crippen LogP contribution is -2.19. The Hall–Kier alpha value is -2.66. The largest absolute Gasteiger partial charge is 0.497 e. The van der Waals surface area contributed by atoms with Crippen molar-refractivity contribution in [2.45, 2.75) is 18.9 Å². The fraction of sp³-hybridized carbons (Fsp3) is 0.300. The Morgan fingerprint density at radius 1 is 1.08 bits per heavy atom. The number of benzene rings is 2. The van der Waals surface area contributed by atoms with Crippen LogP contribution in [0.4, 0.5) is 0 Å². The SMILES string of the molecule is COc1ccc(CN2CC[C@H](c3nnc(-c4ccccc4)o3)C2)cc1. The van der Waals surface area contributed by atoms with Crippen LogP contribution in [-0.4, -0.2) is 35.3 Å². The molecule has 0 N–H and O–H groups in total.